The zero-order chi connectivity index (χ0) is 15.3. The standard InChI is InChI=1S/C14H19N3O4/c1-14(21-8-12(18)19)9-17(10-14)13(20)16-7-5-11-4-2-3-6-15-11/h2-4,6H,5,7-10H2,1H3,(H,16,20)(H,18,19). The molecule has 1 saturated heterocycles. The number of pyridine rings is 1. The topological polar surface area (TPSA) is 91.8 Å². The molecule has 2 N–H and O–H groups in total. The van der Waals surface area contributed by atoms with Crippen molar-refractivity contribution in [3.8, 4) is 0 Å². The van der Waals surface area contributed by atoms with Gasteiger partial charge in [-0.25, -0.2) is 9.59 Å². The highest BCUT2D eigenvalue weighted by Crippen LogP contribution is 2.24. The van der Waals surface area contributed by atoms with Gasteiger partial charge in [0, 0.05) is 24.9 Å². The first-order valence-corrected chi connectivity index (χ1v) is 6.77. The molecule has 1 aromatic rings. The molecular formula is C14H19N3O4. The Labute approximate surface area is 122 Å². The van der Waals surface area contributed by atoms with Crippen LogP contribution in [0.3, 0.4) is 0 Å². The smallest absolute Gasteiger partial charge is 0.329 e. The quantitative estimate of drug-likeness (QED) is 0.797. The first-order chi connectivity index (χ1) is 9.98. The van der Waals surface area contributed by atoms with Crippen molar-refractivity contribution in [3.05, 3.63) is 30.1 Å². The molecule has 0 unspecified atom stereocenters. The summed E-state index contributed by atoms with van der Waals surface area (Å²) in [6, 6.07) is 5.50. The van der Waals surface area contributed by atoms with Gasteiger partial charge in [-0.1, -0.05) is 6.07 Å². The largest absolute Gasteiger partial charge is 0.480 e. The van der Waals surface area contributed by atoms with E-state index >= 15 is 0 Å². The van der Waals surface area contributed by atoms with E-state index in [-0.39, 0.29) is 12.6 Å². The van der Waals surface area contributed by atoms with E-state index in [9.17, 15) is 9.59 Å². The van der Waals surface area contributed by atoms with Crippen LogP contribution in [0.25, 0.3) is 0 Å². The van der Waals surface area contributed by atoms with Gasteiger partial charge in [-0.3, -0.25) is 4.98 Å². The van der Waals surface area contributed by atoms with E-state index in [2.05, 4.69) is 10.3 Å². The first-order valence-electron chi connectivity index (χ1n) is 6.77. The summed E-state index contributed by atoms with van der Waals surface area (Å²) in [4.78, 5) is 28.1. The molecule has 1 aromatic heterocycles. The maximum Gasteiger partial charge on any atom is 0.329 e. The van der Waals surface area contributed by atoms with E-state index in [1.165, 1.54) is 0 Å². The molecule has 0 aromatic carbocycles. The number of ether oxygens (including phenoxy) is 1. The summed E-state index contributed by atoms with van der Waals surface area (Å²) in [5.74, 6) is -1.01. The van der Waals surface area contributed by atoms with Gasteiger partial charge in [0.1, 0.15) is 12.2 Å². The summed E-state index contributed by atoms with van der Waals surface area (Å²) in [6.07, 6.45) is 2.39. The summed E-state index contributed by atoms with van der Waals surface area (Å²) in [5.41, 5.74) is 0.368. The molecule has 2 rings (SSSR count). The average Bonchev–Trinajstić information content (AvgIpc) is 2.43. The Balaban J connectivity index is 1.66. The van der Waals surface area contributed by atoms with Gasteiger partial charge in [-0.2, -0.15) is 0 Å². The molecule has 0 radical (unpaired) electrons. The van der Waals surface area contributed by atoms with Crippen molar-refractivity contribution in [3.63, 3.8) is 0 Å². The molecule has 21 heavy (non-hydrogen) atoms. The Morgan fingerprint density at radius 2 is 2.24 bits per heavy atom. The van der Waals surface area contributed by atoms with Crippen LogP contribution in [0.4, 0.5) is 4.79 Å². The van der Waals surface area contributed by atoms with E-state index in [1.807, 2.05) is 18.2 Å². The minimum atomic E-state index is -1.01. The van der Waals surface area contributed by atoms with Gasteiger partial charge < -0.3 is 20.1 Å². The minimum Gasteiger partial charge on any atom is -0.480 e. The van der Waals surface area contributed by atoms with E-state index in [4.69, 9.17) is 9.84 Å². The molecule has 2 heterocycles. The van der Waals surface area contributed by atoms with Crippen LogP contribution in [0.1, 0.15) is 12.6 Å². The first kappa shape index (κ1) is 15.2. The lowest BCUT2D eigenvalue weighted by Gasteiger charge is -2.46. The number of urea groups is 1. The highest BCUT2D eigenvalue weighted by Gasteiger charge is 2.42. The fraction of sp³-hybridized carbons (Fsp3) is 0.500. The lowest BCUT2D eigenvalue weighted by molar-refractivity contribution is -0.159. The van der Waals surface area contributed by atoms with E-state index < -0.39 is 11.6 Å². The van der Waals surface area contributed by atoms with Crippen molar-refractivity contribution < 1.29 is 19.4 Å². The Morgan fingerprint density at radius 1 is 1.48 bits per heavy atom. The number of carboxylic acid groups (broad SMARTS) is 1. The second-order valence-corrected chi connectivity index (χ2v) is 5.29. The molecule has 1 aliphatic rings. The van der Waals surface area contributed by atoms with Crippen molar-refractivity contribution in [2.24, 2.45) is 0 Å². The van der Waals surface area contributed by atoms with Gasteiger partial charge >= 0.3 is 12.0 Å². The maximum atomic E-state index is 11.9. The summed E-state index contributed by atoms with van der Waals surface area (Å²) in [5, 5.41) is 11.4. The number of nitrogens with zero attached hydrogens (tertiary/aromatic N) is 2. The van der Waals surface area contributed by atoms with Gasteiger partial charge in [0.25, 0.3) is 0 Å². The summed E-state index contributed by atoms with van der Waals surface area (Å²) in [6.45, 7) is 2.77. The van der Waals surface area contributed by atoms with Crippen LogP contribution in [0.5, 0.6) is 0 Å². The molecular weight excluding hydrogens is 274 g/mol. The van der Waals surface area contributed by atoms with Crippen LogP contribution in [0.15, 0.2) is 24.4 Å². The fourth-order valence-electron chi connectivity index (χ4n) is 2.19. The van der Waals surface area contributed by atoms with E-state index in [0.29, 0.717) is 26.1 Å². The Kier molecular flexibility index (Phi) is 4.74. The molecule has 1 fully saturated rings. The molecule has 1 aliphatic heterocycles. The number of aliphatic carboxylic acids is 1. The number of rotatable bonds is 6. The minimum absolute atomic E-state index is 0.165. The SMILES string of the molecule is CC1(OCC(=O)O)CN(C(=O)NCCc2ccccn2)C1. The average molecular weight is 293 g/mol. The Morgan fingerprint density at radius 3 is 2.86 bits per heavy atom. The zero-order valence-corrected chi connectivity index (χ0v) is 11.9. The number of carbonyl (C=O) groups excluding carboxylic acids is 1. The number of hydrogen-bond acceptors (Lipinski definition) is 4. The van der Waals surface area contributed by atoms with Gasteiger partial charge in [0.05, 0.1) is 13.1 Å². The van der Waals surface area contributed by atoms with Crippen LogP contribution in [0, 0.1) is 0 Å². The van der Waals surface area contributed by atoms with Crippen molar-refractivity contribution in [2.45, 2.75) is 18.9 Å². The second-order valence-electron chi connectivity index (χ2n) is 5.29. The monoisotopic (exact) mass is 293 g/mol. The Bertz CT molecular complexity index is 500. The molecule has 0 atom stereocenters. The van der Waals surface area contributed by atoms with Gasteiger partial charge in [-0.05, 0) is 19.1 Å². The van der Waals surface area contributed by atoms with Crippen LogP contribution < -0.4 is 5.32 Å². The highest BCUT2D eigenvalue weighted by molar-refractivity contribution is 5.75. The molecule has 7 nitrogen and oxygen atoms in total. The molecule has 7 heteroatoms. The third kappa shape index (κ3) is 4.42. The summed E-state index contributed by atoms with van der Waals surface area (Å²) in [7, 11) is 0. The molecule has 2 amide bonds. The lowest BCUT2D eigenvalue weighted by Crippen LogP contribution is -2.65. The number of hydrogen-bond donors (Lipinski definition) is 2. The Hall–Kier alpha value is -2.15. The van der Waals surface area contributed by atoms with Crippen LogP contribution in [-0.4, -0.2) is 58.8 Å². The van der Waals surface area contributed by atoms with Gasteiger partial charge in [0.15, 0.2) is 0 Å². The molecule has 114 valence electrons. The number of aromatic nitrogens is 1. The van der Waals surface area contributed by atoms with Crippen molar-refractivity contribution >= 4 is 12.0 Å². The van der Waals surface area contributed by atoms with Gasteiger partial charge in [0.2, 0.25) is 0 Å². The normalized spacial score (nSPS) is 16.1. The van der Waals surface area contributed by atoms with Crippen LogP contribution in [-0.2, 0) is 16.0 Å². The van der Waals surface area contributed by atoms with Crippen LogP contribution >= 0.6 is 0 Å². The number of likely N-dealkylation sites (tertiary alicyclic amines) is 1. The fourth-order valence-corrected chi connectivity index (χ4v) is 2.19. The predicted octanol–water partition coefficient (Wildman–Crippen LogP) is 0.509. The molecule has 0 saturated carbocycles. The number of amides is 2. The number of carboxylic acids is 1. The summed E-state index contributed by atoms with van der Waals surface area (Å²) < 4.78 is 5.25. The molecule has 0 aliphatic carbocycles. The van der Waals surface area contributed by atoms with Crippen molar-refractivity contribution in [2.75, 3.05) is 26.2 Å². The number of nitrogens with one attached hydrogen (secondary N) is 1. The lowest BCUT2D eigenvalue weighted by atomic mass is 9.97. The molecule has 0 spiro atoms. The third-order valence-corrected chi connectivity index (χ3v) is 3.27. The van der Waals surface area contributed by atoms with E-state index in [1.54, 1.807) is 18.0 Å². The maximum absolute atomic E-state index is 11.9. The van der Waals surface area contributed by atoms with Crippen molar-refractivity contribution in [1.29, 1.82) is 0 Å². The predicted molar refractivity (Wildman–Crippen MR) is 74.9 cm³/mol. The third-order valence-electron chi connectivity index (χ3n) is 3.27. The zero-order valence-electron chi connectivity index (χ0n) is 11.9. The summed E-state index contributed by atoms with van der Waals surface area (Å²) >= 11 is 0. The van der Waals surface area contributed by atoms with Crippen molar-refractivity contribution in [1.82, 2.24) is 15.2 Å². The number of carbonyl (C=O) groups is 2. The highest BCUT2D eigenvalue weighted by atomic mass is 16.5. The molecule has 0 bridgehead atoms. The second kappa shape index (κ2) is 6.53. The van der Waals surface area contributed by atoms with Gasteiger partial charge in [-0.15, -0.1) is 0 Å². The van der Waals surface area contributed by atoms with E-state index in [0.717, 1.165) is 5.69 Å². The van der Waals surface area contributed by atoms with Crippen LogP contribution in [0.2, 0.25) is 0 Å².